The molecule has 1 aliphatic heterocycles. The van der Waals surface area contributed by atoms with Gasteiger partial charge in [0.1, 0.15) is 0 Å². The molecule has 1 heterocycles. The second kappa shape index (κ2) is 8.70. The van der Waals surface area contributed by atoms with Crippen LogP contribution in [0.15, 0.2) is 88.7 Å². The largest absolute Gasteiger partial charge is 0.324 e. The Bertz CT molecular complexity index is 959. The van der Waals surface area contributed by atoms with E-state index in [2.05, 4.69) is 36.4 Å². The summed E-state index contributed by atoms with van der Waals surface area (Å²) in [6.07, 6.45) is 0.437. The zero-order chi connectivity index (χ0) is 18.5. The van der Waals surface area contributed by atoms with Crippen LogP contribution in [0.3, 0.4) is 0 Å². The lowest BCUT2D eigenvalue weighted by Gasteiger charge is -2.21. The molecule has 0 bridgehead atoms. The van der Waals surface area contributed by atoms with E-state index in [0.29, 0.717) is 12.8 Å². The van der Waals surface area contributed by atoms with Gasteiger partial charge in [-0.05, 0) is 35.4 Å². The van der Waals surface area contributed by atoms with E-state index in [1.165, 1.54) is 15.4 Å². The predicted octanol–water partition coefficient (Wildman–Crippen LogP) is 6.20. The summed E-state index contributed by atoms with van der Waals surface area (Å²) in [5, 5.41) is 0.798. The highest BCUT2D eigenvalue weighted by molar-refractivity contribution is 8.00. The normalized spacial score (nSPS) is 20.6. The maximum atomic E-state index is 13.8. The molecule has 0 aromatic heterocycles. The second-order valence-electron chi connectivity index (χ2n) is 6.35. The van der Waals surface area contributed by atoms with E-state index in [1.807, 2.05) is 54.2 Å². The Morgan fingerprint density at radius 1 is 0.741 bits per heavy atom. The van der Waals surface area contributed by atoms with Gasteiger partial charge >= 0.3 is 0 Å². The zero-order valence-electron chi connectivity index (χ0n) is 14.9. The average Bonchev–Trinajstić information content (AvgIpc) is 2.71. The number of thioether (sulfide) groups is 2. The lowest BCUT2D eigenvalue weighted by Crippen LogP contribution is -2.11. The van der Waals surface area contributed by atoms with Crippen molar-refractivity contribution in [3.63, 3.8) is 0 Å². The maximum Gasteiger partial charge on any atom is 0.236 e. The Balaban J connectivity index is 1.72. The van der Waals surface area contributed by atoms with E-state index in [9.17, 15) is 4.57 Å². The smallest absolute Gasteiger partial charge is 0.236 e. The number of benzene rings is 3. The van der Waals surface area contributed by atoms with Crippen LogP contribution in [0.5, 0.6) is 0 Å². The molecule has 0 fully saturated rings. The molecule has 0 radical (unpaired) electrons. The quantitative estimate of drug-likeness (QED) is 0.444. The Hall–Kier alpha value is -1.45. The van der Waals surface area contributed by atoms with Gasteiger partial charge in [-0.15, -0.1) is 23.5 Å². The summed E-state index contributed by atoms with van der Waals surface area (Å²) in [5.74, 6) is 1.71. The van der Waals surface area contributed by atoms with E-state index >= 15 is 0 Å². The molecule has 3 aromatic rings. The third-order valence-electron chi connectivity index (χ3n) is 4.50. The Kier molecular flexibility index (Phi) is 6.09. The molecule has 4 rings (SSSR count). The SMILES string of the molecule is O=P1(c2ccccc2)Cc2ccccc2SCc2ccccc2SCCO1. The molecule has 2 nitrogen and oxygen atoms in total. The Morgan fingerprint density at radius 2 is 1.37 bits per heavy atom. The molecule has 0 amide bonds. The van der Waals surface area contributed by atoms with Gasteiger partial charge < -0.3 is 4.52 Å². The summed E-state index contributed by atoms with van der Waals surface area (Å²) in [7, 11) is -2.96. The van der Waals surface area contributed by atoms with Gasteiger partial charge in [0.2, 0.25) is 7.37 Å². The molecule has 0 spiro atoms. The first-order valence-corrected chi connectivity index (χ1v) is 12.7. The summed E-state index contributed by atoms with van der Waals surface area (Å²) in [6.45, 7) is 0.473. The predicted molar refractivity (Wildman–Crippen MR) is 117 cm³/mol. The monoisotopic (exact) mass is 412 g/mol. The van der Waals surface area contributed by atoms with Gasteiger partial charge in [-0.3, -0.25) is 4.57 Å². The highest BCUT2D eigenvalue weighted by atomic mass is 32.2. The first kappa shape index (κ1) is 18.9. The van der Waals surface area contributed by atoms with Crippen molar-refractivity contribution in [3.8, 4) is 0 Å². The van der Waals surface area contributed by atoms with Crippen molar-refractivity contribution in [2.75, 3.05) is 12.4 Å². The molecule has 5 heteroatoms. The fourth-order valence-corrected chi connectivity index (χ4v) is 7.55. The first-order valence-electron chi connectivity index (χ1n) is 8.95. The minimum atomic E-state index is -2.96. The van der Waals surface area contributed by atoms with Crippen LogP contribution in [0.2, 0.25) is 0 Å². The van der Waals surface area contributed by atoms with Gasteiger partial charge in [0.25, 0.3) is 0 Å². The second-order valence-corrected chi connectivity index (χ2v) is 10.9. The first-order chi connectivity index (χ1) is 13.2. The fourth-order valence-electron chi connectivity index (χ4n) is 3.12. The molecular formula is C22H21O2PS2. The van der Waals surface area contributed by atoms with Gasteiger partial charge in [-0.25, -0.2) is 0 Å². The van der Waals surface area contributed by atoms with Crippen LogP contribution in [0.25, 0.3) is 0 Å². The minimum absolute atomic E-state index is 0.437. The number of hydrogen-bond acceptors (Lipinski definition) is 4. The van der Waals surface area contributed by atoms with Gasteiger partial charge in [0.05, 0.1) is 12.8 Å². The van der Waals surface area contributed by atoms with Crippen LogP contribution in [0.1, 0.15) is 11.1 Å². The summed E-state index contributed by atoms with van der Waals surface area (Å²) >= 11 is 3.59. The molecular weight excluding hydrogens is 391 g/mol. The van der Waals surface area contributed by atoms with Gasteiger partial charge in [0.15, 0.2) is 0 Å². The topological polar surface area (TPSA) is 26.3 Å². The molecule has 0 saturated carbocycles. The van der Waals surface area contributed by atoms with Gasteiger partial charge in [0, 0.05) is 26.6 Å². The third-order valence-corrected chi connectivity index (χ3v) is 9.18. The van der Waals surface area contributed by atoms with Crippen LogP contribution < -0.4 is 5.30 Å². The number of fused-ring (bicyclic) bond motifs is 2. The van der Waals surface area contributed by atoms with Crippen LogP contribution >= 0.6 is 30.9 Å². The van der Waals surface area contributed by atoms with E-state index in [4.69, 9.17) is 4.52 Å². The lowest BCUT2D eigenvalue weighted by molar-refractivity contribution is 0.343. The minimum Gasteiger partial charge on any atom is -0.324 e. The average molecular weight is 413 g/mol. The zero-order valence-corrected chi connectivity index (χ0v) is 17.4. The highest BCUT2D eigenvalue weighted by Crippen LogP contribution is 2.51. The van der Waals surface area contributed by atoms with Gasteiger partial charge in [-0.2, -0.15) is 0 Å². The van der Waals surface area contributed by atoms with Crippen molar-refractivity contribution in [2.45, 2.75) is 21.7 Å². The molecule has 27 heavy (non-hydrogen) atoms. The molecule has 0 saturated heterocycles. The van der Waals surface area contributed by atoms with Gasteiger partial charge in [-0.1, -0.05) is 54.6 Å². The van der Waals surface area contributed by atoms with Crippen molar-refractivity contribution < 1.29 is 9.09 Å². The van der Waals surface area contributed by atoms with E-state index in [-0.39, 0.29) is 0 Å². The van der Waals surface area contributed by atoms with E-state index in [1.54, 1.807) is 11.8 Å². The van der Waals surface area contributed by atoms with Crippen LogP contribution in [-0.4, -0.2) is 12.4 Å². The Morgan fingerprint density at radius 3 is 2.15 bits per heavy atom. The van der Waals surface area contributed by atoms with E-state index < -0.39 is 7.37 Å². The summed E-state index contributed by atoms with van der Waals surface area (Å²) in [4.78, 5) is 2.46. The molecule has 138 valence electrons. The molecule has 1 atom stereocenters. The molecule has 1 unspecified atom stereocenters. The van der Waals surface area contributed by atoms with Crippen molar-refractivity contribution in [3.05, 3.63) is 90.0 Å². The van der Waals surface area contributed by atoms with Crippen molar-refractivity contribution in [2.24, 2.45) is 0 Å². The highest BCUT2D eigenvalue weighted by Gasteiger charge is 2.27. The van der Waals surface area contributed by atoms with Crippen molar-refractivity contribution in [1.29, 1.82) is 0 Å². The molecule has 1 aliphatic rings. The molecule has 3 aromatic carbocycles. The molecule has 0 aliphatic carbocycles. The van der Waals surface area contributed by atoms with Crippen LogP contribution in [0, 0.1) is 0 Å². The number of rotatable bonds is 1. The fraction of sp³-hybridized carbons (Fsp3) is 0.182. The third kappa shape index (κ3) is 4.52. The summed E-state index contributed by atoms with van der Waals surface area (Å²) in [5.41, 5.74) is 2.44. The van der Waals surface area contributed by atoms with Crippen molar-refractivity contribution in [1.82, 2.24) is 0 Å². The van der Waals surface area contributed by atoms with E-state index in [0.717, 1.165) is 22.4 Å². The maximum absolute atomic E-state index is 13.8. The molecule has 0 N–H and O–H groups in total. The summed E-state index contributed by atoms with van der Waals surface area (Å²) in [6, 6.07) is 26.4. The van der Waals surface area contributed by atoms with Crippen LogP contribution in [-0.2, 0) is 21.0 Å². The Labute approximate surface area is 169 Å². The lowest BCUT2D eigenvalue weighted by atomic mass is 10.2. The van der Waals surface area contributed by atoms with Crippen molar-refractivity contribution >= 4 is 36.2 Å². The van der Waals surface area contributed by atoms with Crippen LogP contribution in [0.4, 0.5) is 0 Å². The number of hydrogen-bond donors (Lipinski definition) is 0. The standard InChI is InChI=1S/C22H21O2PS2/c23-25(20-10-2-1-3-11-20)16-18-8-4-6-12-21(18)27-17-19-9-5-7-13-22(19)26-15-14-24-25/h1-13H,14-17H2. The summed E-state index contributed by atoms with van der Waals surface area (Å²) < 4.78 is 19.9.